The molecule has 0 aliphatic heterocycles. The van der Waals surface area contributed by atoms with Crippen molar-refractivity contribution in [2.24, 2.45) is 56.4 Å². The molecule has 12 aromatic rings. The van der Waals surface area contributed by atoms with Crippen LogP contribution in [0.2, 0.25) is 10.8 Å². The molecule has 39 heteroatoms. The number of halogens is 3. The van der Waals surface area contributed by atoms with Gasteiger partial charge in [-0.1, -0.05) is 11.6 Å². The van der Waals surface area contributed by atoms with Gasteiger partial charge in [0.05, 0.1) is 38.5 Å². The third kappa shape index (κ3) is 12.5. The lowest BCUT2D eigenvalue weighted by Crippen LogP contribution is -2.22. The summed E-state index contributed by atoms with van der Waals surface area (Å²) in [6.45, 7) is 0.282. The molecule has 12 aromatic heterocycles. The second-order valence-corrected chi connectivity index (χ2v) is 18.4. The van der Waals surface area contributed by atoms with E-state index in [1.54, 1.807) is 57.5 Å². The molecule has 4 N–H and O–H groups in total. The Bertz CT molecular complexity index is 4270. The highest BCUT2D eigenvalue weighted by molar-refractivity contribution is 9.10. The van der Waals surface area contributed by atoms with Gasteiger partial charge in [-0.15, -0.1) is 20.4 Å². The fourth-order valence-electron chi connectivity index (χ4n) is 7.42. The summed E-state index contributed by atoms with van der Waals surface area (Å²) < 4.78 is 81.4. The Morgan fingerprint density at radius 2 is 0.819 bits per heavy atom. The zero-order valence-corrected chi connectivity index (χ0v) is 47.1. The fraction of sp³-hybridized carbons (Fsp3) is 0.273. The summed E-state index contributed by atoms with van der Waals surface area (Å²) in [5.74, 6) is 0.565. The van der Waals surface area contributed by atoms with Crippen LogP contribution in [0.5, 0.6) is 23.5 Å². The third-order valence-corrected chi connectivity index (χ3v) is 13.1. The van der Waals surface area contributed by atoms with E-state index in [9.17, 15) is 23.6 Å². The van der Waals surface area contributed by atoms with E-state index in [-0.39, 0.29) is 66.5 Å². The van der Waals surface area contributed by atoms with E-state index in [1.165, 1.54) is 86.2 Å². The molecule has 0 fully saturated rings. The van der Waals surface area contributed by atoms with Crippen LogP contribution in [-0.2, 0) is 82.8 Å². The number of hydrogen-bond acceptors (Lipinski definition) is 20. The van der Waals surface area contributed by atoms with Crippen molar-refractivity contribution in [3.8, 4) is 46.3 Å². The number of aromatic nitrogens is 28. The summed E-state index contributed by atoms with van der Waals surface area (Å²) in [4.78, 5) is 47.8. The highest BCUT2D eigenvalue weighted by Crippen LogP contribution is 2.27. The highest BCUT2D eigenvalue weighted by atomic mass is 79.9. The molecule has 12 rings (SSSR count). The average Bonchev–Trinajstić information content (AvgIpc) is 2.04. The van der Waals surface area contributed by atoms with Gasteiger partial charge in [0.2, 0.25) is 29.5 Å². The van der Waals surface area contributed by atoms with Gasteiger partial charge >= 0.3 is 22.8 Å². The number of nitrogens with zero attached hydrogens (tertiary/aromatic N) is 24. The number of tetrazole rings is 4. The number of ether oxygens (including phenoxy) is 4. The maximum Gasteiger partial charge on any atom is 0.368 e. The maximum atomic E-state index is 14.2. The molecule has 0 bridgehead atoms. The lowest BCUT2D eigenvalue weighted by atomic mass is 10.3. The van der Waals surface area contributed by atoms with Gasteiger partial charge in [0.25, 0.3) is 0 Å². The molecule has 0 amide bonds. The van der Waals surface area contributed by atoms with Gasteiger partial charge in [-0.05, 0) is 57.6 Å². The van der Waals surface area contributed by atoms with E-state index >= 15 is 0 Å². The molecule has 0 aromatic carbocycles. The van der Waals surface area contributed by atoms with Gasteiger partial charge in [0.1, 0.15) is 31.6 Å². The smallest absolute Gasteiger partial charge is 0.368 e. The summed E-state index contributed by atoms with van der Waals surface area (Å²) >= 11 is 9.70. The van der Waals surface area contributed by atoms with Crippen molar-refractivity contribution in [1.82, 2.24) is 138 Å². The van der Waals surface area contributed by atoms with Gasteiger partial charge in [-0.2, -0.15) is 41.8 Å². The van der Waals surface area contributed by atoms with Crippen LogP contribution in [0.15, 0.2) is 104 Å². The molecule has 0 atom stereocenters. The molecule has 0 radical (unpaired) electrons. The second-order valence-electron chi connectivity index (χ2n) is 17.3. The summed E-state index contributed by atoms with van der Waals surface area (Å²) in [5.41, 5.74) is 2.52. The SMILES string of the molecule is [3H]n1ccc(OCc2c(-n3nnn(C)c3=O)cn(C)c2Br)n1.[3H]n1ccc(OCc2c(-n3nnn(C)c3=O)cn(C)c2Cl)n1.[3H]n1ccc(OCc2c(-n3nnn(C)c3=O)cn(C)c2F)n1.[3H]n1ccc(OCc2cn(C)cc2-n2nnn(C)c2=O)n1. The van der Waals surface area contributed by atoms with Crippen LogP contribution in [-0.4, -0.2) is 138 Å². The normalized spacial score (nSPS) is 11.7. The quantitative estimate of drug-likeness (QED) is 0.0987. The molecule has 0 unspecified atom stereocenters. The lowest BCUT2D eigenvalue weighted by molar-refractivity contribution is 0.285. The minimum Gasteiger partial charge on any atom is -0.472 e. The van der Waals surface area contributed by atoms with E-state index in [0.717, 1.165) is 64.2 Å². The van der Waals surface area contributed by atoms with E-state index in [0.29, 0.717) is 39.5 Å². The number of hydrogen-bond donors (Lipinski definition) is 4. The highest BCUT2D eigenvalue weighted by Gasteiger charge is 2.23. The Morgan fingerprint density at radius 1 is 0.470 bits per heavy atom. The first-order valence-corrected chi connectivity index (χ1v) is 25.0. The molecule has 83 heavy (non-hydrogen) atoms. The number of rotatable bonds is 16. The predicted octanol–water partition coefficient (Wildman–Crippen LogP) is -0.0186. The van der Waals surface area contributed by atoms with Crippen LogP contribution in [0.25, 0.3) is 22.7 Å². The first kappa shape index (κ1) is 51.8. The van der Waals surface area contributed by atoms with Gasteiger partial charge < -0.3 is 37.2 Å². The topological polar surface area (TPSA) is 382 Å². The van der Waals surface area contributed by atoms with Crippen LogP contribution in [0.4, 0.5) is 4.39 Å². The van der Waals surface area contributed by atoms with E-state index in [1.807, 2.05) is 20.3 Å². The van der Waals surface area contributed by atoms with Gasteiger partial charge in [0, 0.05) is 148 Å². The Morgan fingerprint density at radius 3 is 1.22 bits per heavy atom. The minimum atomic E-state index is -0.558. The van der Waals surface area contributed by atoms with Crippen LogP contribution in [0, 0.1) is 5.95 Å². The summed E-state index contributed by atoms with van der Waals surface area (Å²) in [7, 11) is 12.9. The molecular weight excluding hydrogens is 1180 g/mol. The van der Waals surface area contributed by atoms with Crippen molar-refractivity contribution in [2.45, 2.75) is 26.4 Å². The van der Waals surface area contributed by atoms with Crippen molar-refractivity contribution >= 4 is 27.5 Å². The van der Waals surface area contributed by atoms with Crippen molar-refractivity contribution in [2.75, 3.05) is 0 Å². The van der Waals surface area contributed by atoms with E-state index in [2.05, 4.69) is 78.0 Å². The zero-order chi connectivity index (χ0) is 62.5. The van der Waals surface area contributed by atoms with Crippen molar-refractivity contribution in [3.05, 3.63) is 160 Å². The zero-order valence-electron chi connectivity index (χ0n) is 48.8. The summed E-state index contributed by atoms with van der Waals surface area (Å²) in [6.07, 6.45) is 14.2. The largest absolute Gasteiger partial charge is 0.472 e. The van der Waals surface area contributed by atoms with E-state index in [4.69, 9.17) is 36.2 Å². The molecule has 12 heterocycles. The number of aryl methyl sites for hydroxylation is 8. The van der Waals surface area contributed by atoms with Crippen LogP contribution >= 0.6 is 27.5 Å². The Kier molecular flexibility index (Phi) is 15.5. The summed E-state index contributed by atoms with van der Waals surface area (Å²) in [6, 6.07) is 6.20. The molecule has 434 valence electrons. The van der Waals surface area contributed by atoms with Gasteiger partial charge in [-0.3, -0.25) is 20.4 Å². The van der Waals surface area contributed by atoms with Gasteiger partial charge in [-0.25, -0.2) is 19.2 Å². The average molecular weight is 1240 g/mol. The second kappa shape index (κ2) is 24.8. The van der Waals surface area contributed by atoms with Crippen molar-refractivity contribution in [3.63, 3.8) is 0 Å². The van der Waals surface area contributed by atoms with Crippen molar-refractivity contribution < 1.29 is 29.0 Å². The predicted molar refractivity (Wildman–Crippen MR) is 287 cm³/mol. The number of aromatic amines is 4. The Hall–Kier alpha value is -10.7. The van der Waals surface area contributed by atoms with E-state index < -0.39 is 11.6 Å². The Labute approximate surface area is 482 Å². The molecule has 0 aliphatic rings. The molecular formula is C44H49BrClFN28O8. The molecule has 0 aliphatic carbocycles. The minimum absolute atomic E-state index is 0.0784. The monoisotopic (exact) mass is 1240 g/mol. The Balaban J connectivity index is 0.000000138. The first-order chi connectivity index (χ1) is 41.4. The molecule has 0 saturated heterocycles. The number of H-pyrrole nitrogens is 4. The van der Waals surface area contributed by atoms with Crippen LogP contribution in [0.1, 0.15) is 22.3 Å². The van der Waals surface area contributed by atoms with Crippen molar-refractivity contribution in [1.29, 1.82) is 0 Å². The summed E-state index contributed by atoms with van der Waals surface area (Å²) in [5, 5.41) is 48.9. The maximum absolute atomic E-state index is 14.2. The van der Waals surface area contributed by atoms with Gasteiger partial charge in [0.15, 0.2) is 5.65 Å². The third-order valence-electron chi connectivity index (χ3n) is 11.6. The standard InChI is InChI=1S/C11H12BrN7O2.C11H12ClN7O2.C11H12FN7O2.C11H13N7O2/c3*1-17-5-8(19-11(20)18(2)15-16-19)7(10(17)12)6-21-9-3-4-13-14-9;1-16-5-8(7-20-10-3-4-12-13-10)9(6-16)18-11(19)17(2)14-15-18/h3*3-5H,6H2,1-2H3,(H,13,14);3-6H,7H2,1-2H3,(H,12,13)/i/hT4. The first-order valence-electron chi connectivity index (χ1n) is 25.6. The van der Waals surface area contributed by atoms with Crippen LogP contribution in [0.3, 0.4) is 0 Å². The molecule has 0 saturated carbocycles. The number of nitrogens with one attached hydrogen (secondary N) is 4. The molecule has 0 spiro atoms. The fourth-order valence-corrected chi connectivity index (χ4v) is 8.04. The van der Waals surface area contributed by atoms with Crippen LogP contribution < -0.4 is 41.7 Å². The lowest BCUT2D eigenvalue weighted by Gasteiger charge is -2.04. The molecule has 36 nitrogen and oxygen atoms in total.